The first kappa shape index (κ1) is 12.3. The Morgan fingerprint density at radius 2 is 1.83 bits per heavy atom. The van der Waals surface area contributed by atoms with E-state index in [4.69, 9.17) is 12.8 Å². The second-order valence-corrected chi connectivity index (χ2v) is 4.23. The minimum atomic E-state index is 0.604. The molecule has 2 heteroatoms. The Hall–Kier alpha value is -2.16. The van der Waals surface area contributed by atoms with Crippen LogP contribution in [0.1, 0.15) is 5.56 Å². The first-order valence-corrected chi connectivity index (χ1v) is 5.99. The molecule has 0 fully saturated rings. The van der Waals surface area contributed by atoms with Crippen LogP contribution in [0.3, 0.4) is 0 Å². The smallest absolute Gasteiger partial charge is 0.0607 e. The molecule has 0 unspecified atom stereocenters. The normalized spacial score (nSPS) is 10.4. The number of fused-ring (bicyclic) bond motifs is 1. The third kappa shape index (κ3) is 2.74. The highest BCUT2D eigenvalue weighted by Crippen LogP contribution is 2.18. The van der Waals surface area contributed by atoms with Crippen molar-refractivity contribution in [1.82, 2.24) is 9.88 Å². The topological polar surface area (TPSA) is 19.0 Å². The Morgan fingerprint density at radius 1 is 1.11 bits per heavy atom. The Labute approximate surface area is 108 Å². The number of nitrogens with zero attached hydrogens (tertiary/aromatic N) is 1. The Kier molecular flexibility index (Phi) is 4.07. The van der Waals surface area contributed by atoms with Crippen LogP contribution in [0, 0.1) is 24.7 Å². The van der Waals surface area contributed by atoms with E-state index in [1.54, 1.807) is 0 Å². The van der Waals surface area contributed by atoms with E-state index >= 15 is 0 Å². The van der Waals surface area contributed by atoms with E-state index in [0.29, 0.717) is 13.1 Å². The van der Waals surface area contributed by atoms with Crippen LogP contribution in [0.4, 0.5) is 0 Å². The molecule has 0 aliphatic carbocycles. The summed E-state index contributed by atoms with van der Waals surface area (Å²) in [7, 11) is 0. The molecule has 0 saturated heterocycles. The molecule has 90 valence electrons. The Bertz CT molecular complexity index is 579. The van der Waals surface area contributed by atoms with E-state index in [2.05, 4.69) is 46.1 Å². The van der Waals surface area contributed by atoms with Gasteiger partial charge < -0.3 is 4.98 Å². The van der Waals surface area contributed by atoms with Crippen molar-refractivity contribution in [1.29, 1.82) is 0 Å². The lowest BCUT2D eigenvalue weighted by Gasteiger charge is -2.16. The summed E-state index contributed by atoms with van der Waals surface area (Å²) in [6.45, 7) is 2.09. The summed E-state index contributed by atoms with van der Waals surface area (Å²) >= 11 is 0. The van der Waals surface area contributed by atoms with Gasteiger partial charge in [-0.05, 0) is 18.1 Å². The van der Waals surface area contributed by atoms with Gasteiger partial charge in [-0.25, -0.2) is 0 Å². The van der Waals surface area contributed by atoms with Crippen molar-refractivity contribution in [3.8, 4) is 24.7 Å². The van der Waals surface area contributed by atoms with Gasteiger partial charge >= 0.3 is 0 Å². The van der Waals surface area contributed by atoms with Crippen molar-refractivity contribution in [2.45, 2.75) is 6.42 Å². The molecule has 18 heavy (non-hydrogen) atoms. The Balaban J connectivity index is 2.06. The van der Waals surface area contributed by atoms with Crippen LogP contribution in [0.2, 0.25) is 0 Å². The predicted molar refractivity (Wildman–Crippen MR) is 76.1 cm³/mol. The number of rotatable bonds is 5. The molecule has 1 aromatic carbocycles. The first-order chi connectivity index (χ1) is 8.85. The fourth-order valence-electron chi connectivity index (χ4n) is 2.09. The maximum absolute atomic E-state index is 5.33. The number of terminal acetylenes is 2. The van der Waals surface area contributed by atoms with E-state index in [1.807, 2.05) is 6.07 Å². The number of hydrogen-bond donors (Lipinski definition) is 1. The first-order valence-electron chi connectivity index (χ1n) is 5.99. The maximum Gasteiger partial charge on any atom is 0.0607 e. The summed E-state index contributed by atoms with van der Waals surface area (Å²) in [6, 6.07) is 8.30. The molecule has 1 N–H and O–H groups in total. The number of aromatic nitrogens is 1. The lowest BCUT2D eigenvalue weighted by Crippen LogP contribution is -2.26. The van der Waals surface area contributed by atoms with E-state index in [-0.39, 0.29) is 0 Å². The van der Waals surface area contributed by atoms with Gasteiger partial charge in [-0.2, -0.15) is 0 Å². The van der Waals surface area contributed by atoms with Crippen LogP contribution in [-0.2, 0) is 6.42 Å². The maximum atomic E-state index is 5.33. The van der Waals surface area contributed by atoms with Crippen LogP contribution >= 0.6 is 0 Å². The largest absolute Gasteiger partial charge is 0.361 e. The third-order valence-corrected chi connectivity index (χ3v) is 3.00. The van der Waals surface area contributed by atoms with Crippen LogP contribution < -0.4 is 0 Å². The molecule has 0 bridgehead atoms. The zero-order chi connectivity index (χ0) is 12.8. The zero-order valence-corrected chi connectivity index (χ0v) is 10.3. The van der Waals surface area contributed by atoms with Gasteiger partial charge in [-0.1, -0.05) is 30.0 Å². The number of benzene rings is 1. The molecule has 0 atom stereocenters. The monoisotopic (exact) mass is 236 g/mol. The van der Waals surface area contributed by atoms with Gasteiger partial charge in [-0.3, -0.25) is 4.90 Å². The molecule has 0 amide bonds. The van der Waals surface area contributed by atoms with Crippen molar-refractivity contribution in [2.24, 2.45) is 0 Å². The van der Waals surface area contributed by atoms with Gasteiger partial charge in [0.05, 0.1) is 13.1 Å². The van der Waals surface area contributed by atoms with Gasteiger partial charge in [0.15, 0.2) is 0 Å². The van der Waals surface area contributed by atoms with Gasteiger partial charge in [-0.15, -0.1) is 12.8 Å². The van der Waals surface area contributed by atoms with Crippen LogP contribution in [-0.4, -0.2) is 29.5 Å². The van der Waals surface area contributed by atoms with Gasteiger partial charge in [0.2, 0.25) is 0 Å². The van der Waals surface area contributed by atoms with Gasteiger partial charge in [0, 0.05) is 23.6 Å². The molecule has 0 spiro atoms. The molecule has 2 aromatic rings. The molecule has 2 rings (SSSR count). The lowest BCUT2D eigenvalue weighted by atomic mass is 10.1. The van der Waals surface area contributed by atoms with Crippen LogP contribution in [0.15, 0.2) is 30.5 Å². The van der Waals surface area contributed by atoms with E-state index < -0.39 is 0 Å². The SMILES string of the molecule is C#CCN(CC#C)CCc1c[nH]c2ccccc12. The molecular weight excluding hydrogens is 220 g/mol. The second-order valence-electron chi connectivity index (χ2n) is 4.23. The van der Waals surface area contributed by atoms with Crippen molar-refractivity contribution in [2.75, 3.05) is 19.6 Å². The number of para-hydroxylation sites is 1. The fourth-order valence-corrected chi connectivity index (χ4v) is 2.09. The zero-order valence-electron chi connectivity index (χ0n) is 10.3. The van der Waals surface area contributed by atoms with Crippen LogP contribution in [0.5, 0.6) is 0 Å². The van der Waals surface area contributed by atoms with E-state index in [9.17, 15) is 0 Å². The van der Waals surface area contributed by atoms with Crippen molar-refractivity contribution < 1.29 is 0 Å². The minimum absolute atomic E-state index is 0.604. The quantitative estimate of drug-likeness (QED) is 0.789. The standard InChI is InChI=1S/C16H16N2/c1-3-10-18(11-4-2)12-9-14-13-17-16-8-6-5-7-15(14)16/h1-2,5-8,13,17H,9-12H2. The van der Waals surface area contributed by atoms with E-state index in [1.165, 1.54) is 16.5 Å². The summed E-state index contributed by atoms with van der Waals surface area (Å²) in [5.41, 5.74) is 2.48. The fraction of sp³-hybridized carbons (Fsp3) is 0.250. The summed E-state index contributed by atoms with van der Waals surface area (Å²) in [4.78, 5) is 5.38. The average Bonchev–Trinajstić information content (AvgIpc) is 2.80. The third-order valence-electron chi connectivity index (χ3n) is 3.00. The molecule has 0 aliphatic rings. The number of H-pyrrole nitrogens is 1. The van der Waals surface area contributed by atoms with Crippen LogP contribution in [0.25, 0.3) is 10.9 Å². The molecule has 1 heterocycles. The minimum Gasteiger partial charge on any atom is -0.361 e. The number of nitrogens with one attached hydrogen (secondary N) is 1. The summed E-state index contributed by atoms with van der Waals surface area (Å²) in [5, 5.41) is 1.28. The van der Waals surface area contributed by atoms with Gasteiger partial charge in [0.25, 0.3) is 0 Å². The molecular formula is C16H16N2. The highest BCUT2D eigenvalue weighted by atomic mass is 15.1. The summed E-state index contributed by atoms with van der Waals surface area (Å²) in [5.74, 6) is 5.28. The molecule has 0 aliphatic heterocycles. The predicted octanol–water partition coefficient (Wildman–Crippen LogP) is 2.28. The van der Waals surface area contributed by atoms with Gasteiger partial charge in [0.1, 0.15) is 0 Å². The second kappa shape index (κ2) is 5.96. The van der Waals surface area contributed by atoms with Crippen molar-refractivity contribution >= 4 is 10.9 Å². The molecule has 0 saturated carbocycles. The Morgan fingerprint density at radius 3 is 2.56 bits per heavy atom. The number of aromatic amines is 1. The number of hydrogen-bond acceptors (Lipinski definition) is 1. The summed E-state index contributed by atoms with van der Waals surface area (Å²) in [6.07, 6.45) is 13.7. The van der Waals surface area contributed by atoms with Crippen molar-refractivity contribution in [3.63, 3.8) is 0 Å². The molecule has 0 radical (unpaired) electrons. The highest BCUT2D eigenvalue weighted by molar-refractivity contribution is 5.83. The van der Waals surface area contributed by atoms with E-state index in [0.717, 1.165) is 13.0 Å². The summed E-state index contributed by atoms with van der Waals surface area (Å²) < 4.78 is 0. The average molecular weight is 236 g/mol. The molecule has 2 nitrogen and oxygen atoms in total. The lowest BCUT2D eigenvalue weighted by molar-refractivity contribution is 0.350. The highest BCUT2D eigenvalue weighted by Gasteiger charge is 2.06. The molecule has 1 aromatic heterocycles. The van der Waals surface area contributed by atoms with Crippen molar-refractivity contribution in [3.05, 3.63) is 36.0 Å².